The Balaban J connectivity index is 1.69. The summed E-state index contributed by atoms with van der Waals surface area (Å²) in [7, 11) is 0. The molecule has 0 saturated heterocycles. The number of hydrogen-bond donors (Lipinski definition) is 0. The normalized spacial score (nSPS) is 39.0. The van der Waals surface area contributed by atoms with Gasteiger partial charge in [0.1, 0.15) is 0 Å². The first-order valence-corrected chi connectivity index (χ1v) is 6.02. The lowest BCUT2D eigenvalue weighted by Gasteiger charge is -2.24. The van der Waals surface area contributed by atoms with Crippen molar-refractivity contribution >= 4 is 23.4 Å². The van der Waals surface area contributed by atoms with E-state index in [0.717, 1.165) is 10.5 Å². The van der Waals surface area contributed by atoms with Crippen LogP contribution in [0.2, 0.25) is 0 Å². The van der Waals surface area contributed by atoms with E-state index in [1.165, 1.54) is 38.5 Å². The monoisotopic (exact) mass is 190 g/mol. The standard InChI is InChI=1S/C9H15ClS/c10-7-1-3-8(4-2-7)11-9-5-6-9/h7-9H,1-6H2. The topological polar surface area (TPSA) is 0 Å². The molecule has 0 spiro atoms. The van der Waals surface area contributed by atoms with Gasteiger partial charge in [0.15, 0.2) is 0 Å². The molecule has 0 radical (unpaired) electrons. The Morgan fingerprint density at radius 3 is 1.73 bits per heavy atom. The predicted octanol–water partition coefficient (Wildman–Crippen LogP) is 3.43. The first-order valence-electron chi connectivity index (χ1n) is 4.64. The second-order valence-electron chi connectivity index (χ2n) is 3.71. The predicted molar refractivity (Wildman–Crippen MR) is 52.5 cm³/mol. The fourth-order valence-electron chi connectivity index (χ4n) is 1.63. The summed E-state index contributed by atoms with van der Waals surface area (Å²) in [6.07, 6.45) is 8.21. The first kappa shape index (κ1) is 8.25. The van der Waals surface area contributed by atoms with Crippen LogP contribution in [0, 0.1) is 0 Å². The first-order chi connectivity index (χ1) is 5.34. The highest BCUT2D eigenvalue weighted by Gasteiger charge is 2.28. The maximum absolute atomic E-state index is 6.02. The molecular weight excluding hydrogens is 176 g/mol. The lowest BCUT2D eigenvalue weighted by Crippen LogP contribution is -2.16. The van der Waals surface area contributed by atoms with Gasteiger partial charge in [-0.15, -0.1) is 11.6 Å². The van der Waals surface area contributed by atoms with Gasteiger partial charge in [-0.2, -0.15) is 11.8 Å². The van der Waals surface area contributed by atoms with Gasteiger partial charge in [0.2, 0.25) is 0 Å². The zero-order chi connectivity index (χ0) is 7.68. The Kier molecular flexibility index (Phi) is 2.68. The van der Waals surface area contributed by atoms with Gasteiger partial charge >= 0.3 is 0 Å². The zero-order valence-electron chi connectivity index (χ0n) is 6.76. The molecule has 0 bridgehead atoms. The molecular formula is C9H15ClS. The van der Waals surface area contributed by atoms with Crippen LogP contribution in [0.1, 0.15) is 38.5 Å². The summed E-state index contributed by atoms with van der Waals surface area (Å²) in [5.41, 5.74) is 0. The van der Waals surface area contributed by atoms with E-state index in [1.807, 2.05) is 0 Å². The Bertz CT molecular complexity index is 126. The fourth-order valence-corrected chi connectivity index (χ4v) is 3.38. The average molecular weight is 191 g/mol. The molecule has 11 heavy (non-hydrogen) atoms. The van der Waals surface area contributed by atoms with Crippen LogP contribution in [0.15, 0.2) is 0 Å². The van der Waals surface area contributed by atoms with Crippen molar-refractivity contribution in [3.05, 3.63) is 0 Å². The van der Waals surface area contributed by atoms with Crippen molar-refractivity contribution in [1.82, 2.24) is 0 Å². The summed E-state index contributed by atoms with van der Waals surface area (Å²) < 4.78 is 0. The van der Waals surface area contributed by atoms with Gasteiger partial charge in [-0.3, -0.25) is 0 Å². The van der Waals surface area contributed by atoms with Crippen LogP contribution >= 0.6 is 23.4 Å². The summed E-state index contributed by atoms with van der Waals surface area (Å²) in [5, 5.41) is 2.48. The quantitative estimate of drug-likeness (QED) is 0.602. The Morgan fingerprint density at radius 2 is 1.27 bits per heavy atom. The highest BCUT2D eigenvalue weighted by atomic mass is 35.5. The third-order valence-electron chi connectivity index (χ3n) is 2.51. The molecule has 0 unspecified atom stereocenters. The van der Waals surface area contributed by atoms with Gasteiger partial charge in [0.05, 0.1) is 0 Å². The van der Waals surface area contributed by atoms with E-state index in [1.54, 1.807) is 0 Å². The van der Waals surface area contributed by atoms with E-state index in [0.29, 0.717) is 5.38 Å². The van der Waals surface area contributed by atoms with Crippen LogP contribution in [-0.4, -0.2) is 15.9 Å². The van der Waals surface area contributed by atoms with Crippen LogP contribution in [-0.2, 0) is 0 Å². The minimum absolute atomic E-state index is 0.492. The lowest BCUT2D eigenvalue weighted by molar-refractivity contribution is 0.523. The molecule has 2 rings (SSSR count). The van der Waals surface area contributed by atoms with Gasteiger partial charge in [-0.05, 0) is 38.5 Å². The van der Waals surface area contributed by atoms with Crippen molar-refractivity contribution < 1.29 is 0 Å². The summed E-state index contributed by atoms with van der Waals surface area (Å²) in [6, 6.07) is 0. The van der Waals surface area contributed by atoms with Crippen LogP contribution in [0.25, 0.3) is 0 Å². The lowest BCUT2D eigenvalue weighted by atomic mass is 10.00. The zero-order valence-corrected chi connectivity index (χ0v) is 8.33. The third kappa shape index (κ3) is 2.55. The molecule has 2 aliphatic rings. The summed E-state index contributed by atoms with van der Waals surface area (Å²) in [6.45, 7) is 0. The third-order valence-corrected chi connectivity index (χ3v) is 4.66. The van der Waals surface area contributed by atoms with Gasteiger partial charge < -0.3 is 0 Å². The van der Waals surface area contributed by atoms with Crippen LogP contribution in [0.3, 0.4) is 0 Å². The molecule has 0 aromatic carbocycles. The van der Waals surface area contributed by atoms with Gasteiger partial charge in [-0.1, -0.05) is 0 Å². The van der Waals surface area contributed by atoms with Crippen molar-refractivity contribution in [3.8, 4) is 0 Å². The average Bonchev–Trinajstić information content (AvgIpc) is 2.78. The maximum atomic E-state index is 6.02. The second kappa shape index (κ2) is 3.57. The van der Waals surface area contributed by atoms with Crippen LogP contribution in [0.5, 0.6) is 0 Å². The largest absolute Gasteiger partial charge is 0.155 e. The number of rotatable bonds is 2. The molecule has 0 atom stereocenters. The highest BCUT2D eigenvalue weighted by Crippen LogP contribution is 2.41. The van der Waals surface area contributed by atoms with Crippen molar-refractivity contribution in [2.24, 2.45) is 0 Å². The SMILES string of the molecule is ClC1CCC(SC2CC2)CC1. The minimum Gasteiger partial charge on any atom is -0.155 e. The van der Waals surface area contributed by atoms with Crippen LogP contribution in [0.4, 0.5) is 0 Å². The molecule has 0 aliphatic heterocycles. The molecule has 0 amide bonds. The Labute approximate surface area is 78.1 Å². The molecule has 0 aromatic rings. The van der Waals surface area contributed by atoms with E-state index < -0.39 is 0 Å². The van der Waals surface area contributed by atoms with E-state index in [-0.39, 0.29) is 0 Å². The van der Waals surface area contributed by atoms with Gasteiger partial charge in [0.25, 0.3) is 0 Å². The molecule has 2 saturated carbocycles. The summed E-state index contributed by atoms with van der Waals surface area (Å²) in [5.74, 6) is 0. The fraction of sp³-hybridized carbons (Fsp3) is 1.00. The smallest absolute Gasteiger partial charge is 0.0336 e. The Hall–Kier alpha value is 0.640. The van der Waals surface area contributed by atoms with Gasteiger partial charge in [0, 0.05) is 15.9 Å². The molecule has 2 fully saturated rings. The highest BCUT2D eigenvalue weighted by molar-refractivity contribution is 8.00. The van der Waals surface area contributed by atoms with E-state index in [9.17, 15) is 0 Å². The minimum atomic E-state index is 0.492. The number of halogens is 1. The molecule has 64 valence electrons. The second-order valence-corrected chi connectivity index (χ2v) is 5.93. The van der Waals surface area contributed by atoms with E-state index >= 15 is 0 Å². The Morgan fingerprint density at radius 1 is 0.818 bits per heavy atom. The molecule has 2 heteroatoms. The van der Waals surface area contributed by atoms with Crippen molar-refractivity contribution in [1.29, 1.82) is 0 Å². The van der Waals surface area contributed by atoms with E-state index in [2.05, 4.69) is 11.8 Å². The number of alkyl halides is 1. The van der Waals surface area contributed by atoms with E-state index in [4.69, 9.17) is 11.6 Å². The molecule has 0 heterocycles. The maximum Gasteiger partial charge on any atom is 0.0336 e. The molecule has 0 nitrogen and oxygen atoms in total. The number of thioether (sulfide) groups is 1. The summed E-state index contributed by atoms with van der Waals surface area (Å²) >= 11 is 8.25. The molecule has 0 N–H and O–H groups in total. The van der Waals surface area contributed by atoms with Crippen LogP contribution < -0.4 is 0 Å². The van der Waals surface area contributed by atoms with Crippen molar-refractivity contribution in [3.63, 3.8) is 0 Å². The van der Waals surface area contributed by atoms with Crippen molar-refractivity contribution in [2.75, 3.05) is 0 Å². The molecule has 0 aromatic heterocycles. The molecule has 2 aliphatic carbocycles. The number of hydrogen-bond acceptors (Lipinski definition) is 1. The van der Waals surface area contributed by atoms with Gasteiger partial charge in [-0.25, -0.2) is 0 Å². The van der Waals surface area contributed by atoms with Crippen molar-refractivity contribution in [2.45, 2.75) is 54.4 Å². The summed E-state index contributed by atoms with van der Waals surface area (Å²) in [4.78, 5) is 0.